The van der Waals surface area contributed by atoms with Crippen LogP contribution in [0.4, 0.5) is 5.69 Å². The molecular weight excluding hydrogens is 278 g/mol. The summed E-state index contributed by atoms with van der Waals surface area (Å²) in [4.78, 5) is 17.2. The standard InChI is InChI=1S/C17H23N3O2/c1-4-13(17(21)22-10(2)3)20-14-7-5-6-12(18)15(14)19-16(20)11-8-9-11/h5-7,10-11,13H,4,8-9,18H2,1-3H3. The van der Waals surface area contributed by atoms with E-state index < -0.39 is 0 Å². The molecule has 5 heteroatoms. The number of imidazole rings is 1. The molecule has 0 bridgehead atoms. The van der Waals surface area contributed by atoms with Gasteiger partial charge in [0.1, 0.15) is 17.4 Å². The molecule has 0 spiro atoms. The molecule has 1 unspecified atom stereocenters. The predicted molar refractivity (Wildman–Crippen MR) is 86.7 cm³/mol. The molecule has 1 atom stereocenters. The molecule has 0 aliphatic heterocycles. The first kappa shape index (κ1) is 14.9. The molecule has 1 saturated carbocycles. The SMILES string of the molecule is CCC(C(=O)OC(C)C)n1c(C2CC2)nc2c(N)cccc21. The van der Waals surface area contributed by atoms with Crippen molar-refractivity contribution in [1.82, 2.24) is 9.55 Å². The zero-order chi connectivity index (χ0) is 15.9. The number of esters is 1. The summed E-state index contributed by atoms with van der Waals surface area (Å²) < 4.78 is 7.49. The number of carbonyl (C=O) groups excluding carboxylic acids is 1. The number of benzene rings is 1. The maximum Gasteiger partial charge on any atom is 0.329 e. The molecule has 0 amide bonds. The van der Waals surface area contributed by atoms with E-state index in [1.807, 2.05) is 43.5 Å². The molecule has 0 radical (unpaired) electrons. The second-order valence-corrected chi connectivity index (χ2v) is 6.24. The summed E-state index contributed by atoms with van der Waals surface area (Å²) in [6.07, 6.45) is 2.80. The minimum absolute atomic E-state index is 0.120. The van der Waals surface area contributed by atoms with Crippen molar-refractivity contribution >= 4 is 22.7 Å². The Hall–Kier alpha value is -2.04. The van der Waals surface area contributed by atoms with Crippen LogP contribution in [0.15, 0.2) is 18.2 Å². The summed E-state index contributed by atoms with van der Waals surface area (Å²) in [7, 11) is 0. The second kappa shape index (κ2) is 5.63. The quantitative estimate of drug-likeness (QED) is 0.678. The van der Waals surface area contributed by atoms with E-state index in [2.05, 4.69) is 0 Å². The van der Waals surface area contributed by atoms with Gasteiger partial charge < -0.3 is 15.0 Å². The van der Waals surface area contributed by atoms with Gasteiger partial charge in [0.2, 0.25) is 0 Å². The molecule has 1 heterocycles. The van der Waals surface area contributed by atoms with Crippen molar-refractivity contribution in [2.75, 3.05) is 5.73 Å². The predicted octanol–water partition coefficient (Wildman–Crippen LogP) is 3.40. The van der Waals surface area contributed by atoms with Crippen LogP contribution in [-0.4, -0.2) is 21.6 Å². The minimum atomic E-state index is -0.343. The van der Waals surface area contributed by atoms with Crippen molar-refractivity contribution in [1.29, 1.82) is 0 Å². The highest BCUT2D eigenvalue weighted by Gasteiger charge is 2.34. The van der Waals surface area contributed by atoms with E-state index in [1.54, 1.807) is 0 Å². The molecule has 0 saturated heterocycles. The summed E-state index contributed by atoms with van der Waals surface area (Å²) in [6.45, 7) is 5.74. The zero-order valence-electron chi connectivity index (χ0n) is 13.4. The number of rotatable bonds is 5. The summed E-state index contributed by atoms with van der Waals surface area (Å²) in [5.74, 6) is 1.22. The molecule has 2 N–H and O–H groups in total. The first-order valence-electron chi connectivity index (χ1n) is 7.99. The van der Waals surface area contributed by atoms with Gasteiger partial charge in [0.15, 0.2) is 0 Å². The van der Waals surface area contributed by atoms with Gasteiger partial charge in [-0.2, -0.15) is 0 Å². The number of ether oxygens (including phenoxy) is 1. The summed E-state index contributed by atoms with van der Waals surface area (Å²) in [5, 5.41) is 0. The van der Waals surface area contributed by atoms with Crippen molar-refractivity contribution in [2.45, 2.75) is 58.1 Å². The molecule has 22 heavy (non-hydrogen) atoms. The van der Waals surface area contributed by atoms with Gasteiger partial charge in [0.05, 0.1) is 17.3 Å². The maximum atomic E-state index is 12.5. The summed E-state index contributed by atoms with van der Waals surface area (Å²) in [5.41, 5.74) is 8.44. The first-order chi connectivity index (χ1) is 10.5. The molecule has 5 nitrogen and oxygen atoms in total. The minimum Gasteiger partial charge on any atom is -0.461 e. The fraction of sp³-hybridized carbons (Fsp3) is 0.529. The van der Waals surface area contributed by atoms with E-state index in [-0.39, 0.29) is 18.1 Å². The topological polar surface area (TPSA) is 70.1 Å². The average molecular weight is 301 g/mol. The van der Waals surface area contributed by atoms with Crippen LogP contribution < -0.4 is 5.73 Å². The lowest BCUT2D eigenvalue weighted by atomic mass is 10.2. The third kappa shape index (κ3) is 2.56. The molecule has 3 rings (SSSR count). The Morgan fingerprint density at radius 1 is 1.45 bits per heavy atom. The van der Waals surface area contributed by atoms with Gasteiger partial charge in [-0.05, 0) is 45.2 Å². The smallest absolute Gasteiger partial charge is 0.329 e. The van der Waals surface area contributed by atoms with Gasteiger partial charge in [0, 0.05) is 5.92 Å². The van der Waals surface area contributed by atoms with Crippen molar-refractivity contribution < 1.29 is 9.53 Å². The van der Waals surface area contributed by atoms with Crippen LogP contribution in [0.1, 0.15) is 57.8 Å². The number of hydrogen-bond acceptors (Lipinski definition) is 4. The average Bonchev–Trinajstić information content (AvgIpc) is 3.22. The Labute approximate surface area is 130 Å². The van der Waals surface area contributed by atoms with E-state index in [9.17, 15) is 4.79 Å². The summed E-state index contributed by atoms with van der Waals surface area (Å²) >= 11 is 0. The zero-order valence-corrected chi connectivity index (χ0v) is 13.4. The second-order valence-electron chi connectivity index (χ2n) is 6.24. The van der Waals surface area contributed by atoms with Gasteiger partial charge in [-0.1, -0.05) is 13.0 Å². The van der Waals surface area contributed by atoms with Crippen LogP contribution in [-0.2, 0) is 9.53 Å². The van der Waals surface area contributed by atoms with E-state index in [0.29, 0.717) is 18.0 Å². The highest BCUT2D eigenvalue weighted by Crippen LogP contribution is 2.43. The fourth-order valence-corrected chi connectivity index (χ4v) is 2.88. The molecule has 1 aromatic carbocycles. The molecule has 1 aliphatic carbocycles. The van der Waals surface area contributed by atoms with Crippen LogP contribution in [0.25, 0.3) is 11.0 Å². The van der Waals surface area contributed by atoms with E-state index >= 15 is 0 Å². The maximum absolute atomic E-state index is 12.5. The molecule has 1 aromatic heterocycles. The van der Waals surface area contributed by atoms with Crippen molar-refractivity contribution in [3.63, 3.8) is 0 Å². The van der Waals surface area contributed by atoms with Gasteiger partial charge in [-0.25, -0.2) is 9.78 Å². The Balaban J connectivity index is 2.12. The third-order valence-corrected chi connectivity index (χ3v) is 4.04. The lowest BCUT2D eigenvalue weighted by molar-refractivity contribution is -0.151. The Morgan fingerprint density at radius 3 is 2.77 bits per heavy atom. The number of aromatic nitrogens is 2. The number of carbonyl (C=O) groups is 1. The molecular formula is C17H23N3O2. The van der Waals surface area contributed by atoms with Crippen LogP contribution in [0.3, 0.4) is 0 Å². The largest absolute Gasteiger partial charge is 0.461 e. The van der Waals surface area contributed by atoms with E-state index in [0.717, 1.165) is 29.7 Å². The van der Waals surface area contributed by atoms with Gasteiger partial charge in [0.25, 0.3) is 0 Å². The van der Waals surface area contributed by atoms with Crippen molar-refractivity contribution in [3.8, 4) is 0 Å². The number of fused-ring (bicyclic) bond motifs is 1. The van der Waals surface area contributed by atoms with Crippen molar-refractivity contribution in [3.05, 3.63) is 24.0 Å². The van der Waals surface area contributed by atoms with Gasteiger partial charge >= 0.3 is 5.97 Å². The molecule has 1 fully saturated rings. The van der Waals surface area contributed by atoms with Crippen LogP contribution in [0.2, 0.25) is 0 Å². The van der Waals surface area contributed by atoms with E-state index in [4.69, 9.17) is 15.5 Å². The number of hydrogen-bond donors (Lipinski definition) is 1. The van der Waals surface area contributed by atoms with Crippen LogP contribution >= 0.6 is 0 Å². The van der Waals surface area contributed by atoms with Crippen LogP contribution in [0, 0.1) is 0 Å². The van der Waals surface area contributed by atoms with Gasteiger partial charge in [-0.3, -0.25) is 0 Å². The highest BCUT2D eigenvalue weighted by molar-refractivity contribution is 5.89. The monoisotopic (exact) mass is 301 g/mol. The number of nitrogen functional groups attached to an aromatic ring is 1. The molecule has 1 aliphatic rings. The first-order valence-corrected chi connectivity index (χ1v) is 7.99. The lowest BCUT2D eigenvalue weighted by Crippen LogP contribution is -2.25. The van der Waals surface area contributed by atoms with Crippen molar-refractivity contribution in [2.24, 2.45) is 0 Å². The lowest BCUT2D eigenvalue weighted by Gasteiger charge is -2.20. The molecule has 2 aromatic rings. The fourth-order valence-electron chi connectivity index (χ4n) is 2.88. The highest BCUT2D eigenvalue weighted by atomic mass is 16.5. The van der Waals surface area contributed by atoms with E-state index in [1.165, 1.54) is 0 Å². The number of nitrogens with two attached hydrogens (primary N) is 1. The number of para-hydroxylation sites is 1. The Morgan fingerprint density at radius 2 is 2.18 bits per heavy atom. The Kier molecular flexibility index (Phi) is 3.81. The van der Waals surface area contributed by atoms with Gasteiger partial charge in [-0.15, -0.1) is 0 Å². The number of anilines is 1. The Bertz CT molecular complexity index is 701. The number of nitrogens with zero attached hydrogens (tertiary/aromatic N) is 2. The normalized spacial score (nSPS) is 16.2. The van der Waals surface area contributed by atoms with Crippen LogP contribution in [0.5, 0.6) is 0 Å². The summed E-state index contributed by atoms with van der Waals surface area (Å²) in [6, 6.07) is 5.40. The third-order valence-electron chi connectivity index (χ3n) is 4.04. The molecule has 118 valence electrons.